The zero-order valence-corrected chi connectivity index (χ0v) is 13.8. The number of aromatic nitrogens is 3. The molecule has 0 aliphatic heterocycles. The SMILES string of the molecule is CC(C)c1nc(C(=O)NC(C)(C)CN)nn1-c1ccccc1F. The maximum absolute atomic E-state index is 14.0. The minimum absolute atomic E-state index is 0.00141. The predicted molar refractivity (Wildman–Crippen MR) is 86.0 cm³/mol. The smallest absolute Gasteiger partial charge is 0.291 e. The Morgan fingerprint density at radius 2 is 2.04 bits per heavy atom. The van der Waals surface area contributed by atoms with Crippen molar-refractivity contribution in [1.82, 2.24) is 20.1 Å². The lowest BCUT2D eigenvalue weighted by atomic mass is 10.1. The Kier molecular flexibility index (Phi) is 4.79. The normalized spacial score (nSPS) is 11.8. The van der Waals surface area contributed by atoms with Gasteiger partial charge in [0, 0.05) is 18.0 Å². The zero-order valence-electron chi connectivity index (χ0n) is 13.8. The van der Waals surface area contributed by atoms with E-state index in [1.807, 2.05) is 27.7 Å². The second-order valence-electron chi connectivity index (χ2n) is 6.35. The van der Waals surface area contributed by atoms with Crippen molar-refractivity contribution in [3.05, 3.63) is 41.7 Å². The summed E-state index contributed by atoms with van der Waals surface area (Å²) in [6.45, 7) is 7.72. The number of rotatable bonds is 5. The standard InChI is InChI=1S/C16H22FN5O/c1-10(2)14-19-13(15(23)20-16(3,4)9-18)21-22(14)12-8-6-5-7-11(12)17/h5-8,10H,9,18H2,1-4H3,(H,20,23). The Labute approximate surface area is 134 Å². The van der Waals surface area contributed by atoms with E-state index < -0.39 is 17.3 Å². The van der Waals surface area contributed by atoms with E-state index >= 15 is 0 Å². The van der Waals surface area contributed by atoms with Crippen LogP contribution in [0.4, 0.5) is 4.39 Å². The molecule has 0 saturated carbocycles. The second kappa shape index (κ2) is 6.45. The highest BCUT2D eigenvalue weighted by Gasteiger charge is 2.25. The summed E-state index contributed by atoms with van der Waals surface area (Å²) in [6.07, 6.45) is 0. The molecular weight excluding hydrogens is 297 g/mol. The largest absolute Gasteiger partial charge is 0.343 e. The number of nitrogens with zero attached hydrogens (tertiary/aromatic N) is 3. The van der Waals surface area contributed by atoms with E-state index in [9.17, 15) is 9.18 Å². The summed E-state index contributed by atoms with van der Waals surface area (Å²) in [5.74, 6) is -0.360. The van der Waals surface area contributed by atoms with Gasteiger partial charge in [-0.05, 0) is 26.0 Å². The molecule has 0 aliphatic carbocycles. The van der Waals surface area contributed by atoms with Crippen molar-refractivity contribution in [3.63, 3.8) is 0 Å². The van der Waals surface area contributed by atoms with E-state index in [2.05, 4.69) is 15.4 Å². The third-order valence-corrected chi connectivity index (χ3v) is 3.39. The summed E-state index contributed by atoms with van der Waals surface area (Å²) < 4.78 is 15.4. The third kappa shape index (κ3) is 3.73. The molecule has 1 amide bonds. The second-order valence-corrected chi connectivity index (χ2v) is 6.35. The molecule has 0 atom stereocenters. The first kappa shape index (κ1) is 17.1. The van der Waals surface area contributed by atoms with Crippen LogP contribution in [0.5, 0.6) is 0 Å². The maximum Gasteiger partial charge on any atom is 0.291 e. The number of hydrogen-bond acceptors (Lipinski definition) is 4. The number of halogens is 1. The van der Waals surface area contributed by atoms with Crippen molar-refractivity contribution in [2.45, 2.75) is 39.2 Å². The van der Waals surface area contributed by atoms with Crippen LogP contribution in [-0.2, 0) is 0 Å². The number of hydrogen-bond donors (Lipinski definition) is 2. The van der Waals surface area contributed by atoms with Crippen molar-refractivity contribution in [2.75, 3.05) is 6.54 Å². The van der Waals surface area contributed by atoms with Gasteiger partial charge >= 0.3 is 0 Å². The molecule has 23 heavy (non-hydrogen) atoms. The van der Waals surface area contributed by atoms with Crippen molar-refractivity contribution in [2.24, 2.45) is 5.73 Å². The molecule has 0 unspecified atom stereocenters. The molecule has 124 valence electrons. The van der Waals surface area contributed by atoms with Crippen molar-refractivity contribution in [1.29, 1.82) is 0 Å². The Hall–Kier alpha value is -2.28. The Morgan fingerprint density at radius 1 is 1.39 bits per heavy atom. The minimum Gasteiger partial charge on any atom is -0.343 e. The first-order valence-corrected chi connectivity index (χ1v) is 7.49. The Balaban J connectivity index is 2.44. The fourth-order valence-corrected chi connectivity index (χ4v) is 2.01. The zero-order chi connectivity index (χ0) is 17.2. The molecule has 3 N–H and O–H groups in total. The average Bonchev–Trinajstić information content (AvgIpc) is 2.92. The first-order valence-electron chi connectivity index (χ1n) is 7.49. The summed E-state index contributed by atoms with van der Waals surface area (Å²) in [4.78, 5) is 16.6. The number of para-hydroxylation sites is 1. The lowest BCUT2D eigenvalue weighted by Gasteiger charge is -2.23. The van der Waals surface area contributed by atoms with Crippen LogP contribution in [0.25, 0.3) is 5.69 Å². The van der Waals surface area contributed by atoms with Gasteiger partial charge in [0.05, 0.1) is 0 Å². The van der Waals surface area contributed by atoms with Gasteiger partial charge in [0.15, 0.2) is 0 Å². The van der Waals surface area contributed by atoms with E-state index in [1.54, 1.807) is 18.2 Å². The van der Waals surface area contributed by atoms with Crippen LogP contribution in [-0.4, -0.2) is 32.8 Å². The maximum atomic E-state index is 14.0. The molecule has 0 saturated heterocycles. The number of nitrogens with two attached hydrogens (primary N) is 1. The number of carbonyl (C=O) groups is 1. The fraction of sp³-hybridized carbons (Fsp3) is 0.438. The lowest BCUT2D eigenvalue weighted by Crippen LogP contribution is -2.49. The third-order valence-electron chi connectivity index (χ3n) is 3.39. The van der Waals surface area contributed by atoms with Crippen molar-refractivity contribution >= 4 is 5.91 Å². The number of carbonyl (C=O) groups excluding carboxylic acids is 1. The molecule has 0 spiro atoms. The van der Waals surface area contributed by atoms with Gasteiger partial charge in [0.25, 0.3) is 5.91 Å². The monoisotopic (exact) mass is 319 g/mol. The van der Waals surface area contributed by atoms with Crippen LogP contribution in [0.15, 0.2) is 24.3 Å². The van der Waals surface area contributed by atoms with Gasteiger partial charge in [-0.3, -0.25) is 4.79 Å². The van der Waals surface area contributed by atoms with Crippen LogP contribution in [0, 0.1) is 5.82 Å². The lowest BCUT2D eigenvalue weighted by molar-refractivity contribution is 0.0905. The van der Waals surface area contributed by atoms with Crippen LogP contribution in [0.2, 0.25) is 0 Å². The molecule has 1 aromatic carbocycles. The summed E-state index contributed by atoms with van der Waals surface area (Å²) >= 11 is 0. The van der Waals surface area contributed by atoms with Gasteiger partial charge in [0.2, 0.25) is 5.82 Å². The predicted octanol–water partition coefficient (Wildman–Crippen LogP) is 2.00. The van der Waals surface area contributed by atoms with E-state index in [1.165, 1.54) is 10.7 Å². The van der Waals surface area contributed by atoms with E-state index in [0.29, 0.717) is 5.82 Å². The highest BCUT2D eigenvalue weighted by molar-refractivity contribution is 5.91. The van der Waals surface area contributed by atoms with Crippen LogP contribution >= 0.6 is 0 Å². The fourth-order valence-electron chi connectivity index (χ4n) is 2.01. The summed E-state index contributed by atoms with van der Waals surface area (Å²) in [5.41, 5.74) is 5.31. The van der Waals surface area contributed by atoms with Crippen molar-refractivity contribution in [3.8, 4) is 5.69 Å². The van der Waals surface area contributed by atoms with Gasteiger partial charge in [0.1, 0.15) is 17.3 Å². The first-order chi connectivity index (χ1) is 10.7. The molecule has 1 aromatic heterocycles. The summed E-state index contributed by atoms with van der Waals surface area (Å²) in [7, 11) is 0. The van der Waals surface area contributed by atoms with Crippen molar-refractivity contribution < 1.29 is 9.18 Å². The molecule has 6 nitrogen and oxygen atoms in total. The Bertz CT molecular complexity index is 708. The molecule has 2 aromatic rings. The van der Waals surface area contributed by atoms with E-state index in [-0.39, 0.29) is 24.0 Å². The van der Waals surface area contributed by atoms with Gasteiger partial charge < -0.3 is 11.1 Å². The molecule has 1 heterocycles. The summed E-state index contributed by atoms with van der Waals surface area (Å²) in [5, 5.41) is 6.97. The van der Waals surface area contributed by atoms with Crippen LogP contribution in [0.1, 0.15) is 50.1 Å². The topological polar surface area (TPSA) is 85.8 Å². The van der Waals surface area contributed by atoms with Gasteiger partial charge in [-0.1, -0.05) is 26.0 Å². The highest BCUT2D eigenvalue weighted by Crippen LogP contribution is 2.19. The molecule has 7 heteroatoms. The van der Waals surface area contributed by atoms with Crippen LogP contribution < -0.4 is 11.1 Å². The molecule has 0 bridgehead atoms. The van der Waals surface area contributed by atoms with Gasteiger partial charge in [-0.2, -0.15) is 0 Å². The quantitative estimate of drug-likeness (QED) is 0.882. The van der Waals surface area contributed by atoms with Gasteiger partial charge in [-0.25, -0.2) is 14.1 Å². The van der Waals surface area contributed by atoms with E-state index in [4.69, 9.17) is 5.73 Å². The van der Waals surface area contributed by atoms with E-state index in [0.717, 1.165) is 0 Å². The average molecular weight is 319 g/mol. The number of amides is 1. The Morgan fingerprint density at radius 3 is 2.61 bits per heavy atom. The van der Waals surface area contributed by atoms with Crippen LogP contribution in [0.3, 0.4) is 0 Å². The number of nitrogens with one attached hydrogen (secondary N) is 1. The summed E-state index contributed by atoms with van der Waals surface area (Å²) in [6, 6.07) is 6.25. The van der Waals surface area contributed by atoms with Gasteiger partial charge in [-0.15, -0.1) is 5.10 Å². The number of benzene rings is 1. The highest BCUT2D eigenvalue weighted by atomic mass is 19.1. The molecule has 0 fully saturated rings. The molecular formula is C16H22FN5O. The molecule has 2 rings (SSSR count). The molecule has 0 radical (unpaired) electrons. The minimum atomic E-state index is -0.571. The molecule has 0 aliphatic rings.